The highest BCUT2D eigenvalue weighted by Crippen LogP contribution is 2.41. The fraction of sp³-hybridized carbons (Fsp3) is 0.357. The van der Waals surface area contributed by atoms with Gasteiger partial charge in [0.25, 0.3) is 0 Å². The van der Waals surface area contributed by atoms with Gasteiger partial charge < -0.3 is 25.8 Å². The van der Waals surface area contributed by atoms with Crippen molar-refractivity contribution in [3.05, 3.63) is 60.3 Å². The van der Waals surface area contributed by atoms with Crippen LogP contribution in [0.5, 0.6) is 5.88 Å². The van der Waals surface area contributed by atoms with E-state index in [1.807, 2.05) is 23.1 Å². The van der Waals surface area contributed by atoms with Gasteiger partial charge in [-0.05, 0) is 47.9 Å². The molecule has 13 heteroatoms. The molecule has 1 spiro atoms. The number of halogens is 3. The molecule has 1 unspecified atom stereocenters. The van der Waals surface area contributed by atoms with Crippen molar-refractivity contribution in [2.45, 2.75) is 37.6 Å². The Morgan fingerprint density at radius 2 is 1.83 bits per heavy atom. The summed E-state index contributed by atoms with van der Waals surface area (Å²) in [5.74, 6) is -0.969. The van der Waals surface area contributed by atoms with Crippen LogP contribution in [0.25, 0.3) is 22.0 Å². The maximum atomic E-state index is 14.2. The number of alkyl halides is 3. The van der Waals surface area contributed by atoms with Crippen molar-refractivity contribution in [1.29, 1.82) is 0 Å². The van der Waals surface area contributed by atoms with Crippen LogP contribution in [0.2, 0.25) is 0 Å². The van der Waals surface area contributed by atoms with Crippen molar-refractivity contribution >= 4 is 28.6 Å². The molecule has 2 aromatic carbocycles. The van der Waals surface area contributed by atoms with E-state index in [2.05, 4.69) is 25.5 Å². The number of aromatic amines is 1. The van der Waals surface area contributed by atoms with E-state index in [9.17, 15) is 23.1 Å². The zero-order chi connectivity index (χ0) is 28.8. The monoisotopic (exact) mass is 567 g/mol. The minimum atomic E-state index is -4.72. The van der Waals surface area contributed by atoms with Crippen molar-refractivity contribution in [3.63, 3.8) is 0 Å². The summed E-state index contributed by atoms with van der Waals surface area (Å²) in [5.41, 5.74) is 8.14. The number of aromatic nitrogens is 4. The summed E-state index contributed by atoms with van der Waals surface area (Å²) >= 11 is 0. The minimum absolute atomic E-state index is 0.0778. The zero-order valence-corrected chi connectivity index (χ0v) is 21.9. The lowest BCUT2D eigenvalue weighted by Gasteiger charge is -2.39. The normalized spacial score (nSPS) is 19.5. The predicted molar refractivity (Wildman–Crippen MR) is 145 cm³/mol. The van der Waals surface area contributed by atoms with Gasteiger partial charge in [0.1, 0.15) is 11.9 Å². The van der Waals surface area contributed by atoms with Gasteiger partial charge in [-0.25, -0.2) is 0 Å². The molecule has 5 N–H and O–H groups in total. The molecule has 2 fully saturated rings. The van der Waals surface area contributed by atoms with Crippen molar-refractivity contribution in [3.8, 4) is 17.0 Å². The number of nitrogens with zero attached hydrogens (tertiary/aromatic N) is 4. The molecule has 6 rings (SSSR count). The van der Waals surface area contributed by atoms with Gasteiger partial charge in [-0.2, -0.15) is 28.2 Å². The van der Waals surface area contributed by atoms with Crippen LogP contribution in [0.3, 0.4) is 0 Å². The van der Waals surface area contributed by atoms with E-state index in [4.69, 9.17) is 10.5 Å². The lowest BCUT2D eigenvalue weighted by molar-refractivity contribution is -0.198. The second kappa shape index (κ2) is 10.2. The molecule has 10 nitrogen and oxygen atoms in total. The van der Waals surface area contributed by atoms with Crippen molar-refractivity contribution < 1.29 is 27.8 Å². The number of hydrogen-bond acceptors (Lipinski definition) is 8. The molecular weight excluding hydrogens is 539 g/mol. The Balaban J connectivity index is 1.19. The number of piperidine rings is 1. The van der Waals surface area contributed by atoms with E-state index in [0.717, 1.165) is 34.9 Å². The molecule has 2 aromatic heterocycles. The first kappa shape index (κ1) is 26.8. The largest absolute Gasteiger partial charge is 0.480 e. The first-order valence-electron chi connectivity index (χ1n) is 13.2. The van der Waals surface area contributed by atoms with Crippen molar-refractivity contribution in [2.24, 2.45) is 5.41 Å². The van der Waals surface area contributed by atoms with E-state index in [1.165, 1.54) is 18.2 Å². The van der Waals surface area contributed by atoms with E-state index < -0.39 is 24.3 Å². The lowest BCUT2D eigenvalue weighted by Crippen LogP contribution is -2.41. The molecule has 4 aromatic rings. The number of carboxylic acids is 1. The Morgan fingerprint density at radius 1 is 1.10 bits per heavy atom. The van der Waals surface area contributed by atoms with Crippen LogP contribution < -0.4 is 20.7 Å². The number of aliphatic carboxylic acids is 1. The van der Waals surface area contributed by atoms with Gasteiger partial charge in [-0.1, -0.05) is 30.3 Å². The van der Waals surface area contributed by atoms with Crippen LogP contribution in [0.15, 0.2) is 54.7 Å². The number of rotatable bonds is 6. The Labute approximate surface area is 232 Å². The van der Waals surface area contributed by atoms with Crippen LogP contribution in [0.4, 0.5) is 24.9 Å². The average molecular weight is 568 g/mol. The van der Waals surface area contributed by atoms with Crippen LogP contribution in [-0.4, -0.2) is 63.1 Å². The fourth-order valence-corrected chi connectivity index (χ4v) is 5.75. The molecule has 2 atom stereocenters. The summed E-state index contributed by atoms with van der Waals surface area (Å²) < 4.78 is 48.0. The Bertz CT molecular complexity index is 1570. The Hall–Kier alpha value is -4.39. The Morgan fingerprint density at radius 3 is 2.51 bits per heavy atom. The molecule has 0 aliphatic carbocycles. The highest BCUT2D eigenvalue weighted by molar-refractivity contribution is 5.84. The minimum Gasteiger partial charge on any atom is -0.480 e. The Kier molecular flexibility index (Phi) is 6.68. The first-order chi connectivity index (χ1) is 19.6. The highest BCUT2D eigenvalue weighted by Gasteiger charge is 2.45. The zero-order valence-electron chi connectivity index (χ0n) is 21.9. The van der Waals surface area contributed by atoms with Crippen molar-refractivity contribution in [1.82, 2.24) is 25.5 Å². The number of H-pyrrole nitrogens is 1. The molecule has 0 bridgehead atoms. The van der Waals surface area contributed by atoms with Gasteiger partial charge in [0.05, 0.1) is 11.7 Å². The number of fused-ring (bicyclic) bond motifs is 1. The SMILES string of the molecule is Nc1nc(O[C@H](c2ccc(-c3ccc4[nH]ncc4c3)cc2)C(F)(F)F)cc(N2CCC3(CC2)CNC(C(=O)O)C3)n1. The smallest absolute Gasteiger partial charge is 0.429 e. The van der Waals surface area contributed by atoms with Crippen molar-refractivity contribution in [2.75, 3.05) is 30.3 Å². The van der Waals surface area contributed by atoms with Gasteiger partial charge in [-0.15, -0.1) is 0 Å². The van der Waals surface area contributed by atoms with Crippen LogP contribution in [0, 0.1) is 5.41 Å². The van der Waals surface area contributed by atoms with Crippen LogP contribution in [-0.2, 0) is 4.79 Å². The molecule has 2 aliphatic heterocycles. The molecule has 2 saturated heterocycles. The van der Waals surface area contributed by atoms with Gasteiger partial charge in [0, 0.05) is 36.7 Å². The van der Waals surface area contributed by atoms with Gasteiger partial charge in [0.15, 0.2) is 0 Å². The number of nitrogen functional groups attached to an aromatic ring is 1. The maximum Gasteiger partial charge on any atom is 0.429 e. The molecule has 0 saturated carbocycles. The molecule has 0 amide bonds. The molecule has 0 radical (unpaired) electrons. The molecular formula is C28H28F3N7O3. The van der Waals surface area contributed by atoms with Crippen LogP contribution in [0.1, 0.15) is 30.9 Å². The van der Waals surface area contributed by atoms with Crippen LogP contribution >= 0.6 is 0 Å². The standard InChI is InChI=1S/C28H28F3N7O3/c29-28(30,31)24(17-3-1-16(2-4-17)18-5-6-20-19(11-18)14-34-37-20)41-23-12-22(35-26(32)36-23)38-9-7-27(8-10-38)13-21(25(39)40)33-15-27/h1-6,11-12,14,21,24,33H,7-10,13,15H2,(H,34,37)(H,39,40)(H2,32,35,36)/t21?,24-/m1/s1. The average Bonchev–Trinajstić information content (AvgIpc) is 3.58. The second-order valence-corrected chi connectivity index (χ2v) is 10.7. The third-order valence-corrected chi connectivity index (χ3v) is 8.04. The van der Waals surface area contributed by atoms with E-state index in [-0.39, 0.29) is 22.8 Å². The number of ether oxygens (including phenoxy) is 1. The van der Waals surface area contributed by atoms with Gasteiger partial charge >= 0.3 is 12.1 Å². The quantitative estimate of drug-likeness (QED) is 0.268. The van der Waals surface area contributed by atoms with Gasteiger partial charge in [-0.3, -0.25) is 9.89 Å². The number of nitrogens with one attached hydrogen (secondary N) is 2. The van der Waals surface area contributed by atoms with Gasteiger partial charge in [0.2, 0.25) is 17.9 Å². The molecule has 214 valence electrons. The first-order valence-corrected chi connectivity index (χ1v) is 13.2. The summed E-state index contributed by atoms with van der Waals surface area (Å²) in [4.78, 5) is 21.4. The number of hydrogen-bond donors (Lipinski definition) is 4. The number of benzene rings is 2. The fourth-order valence-electron chi connectivity index (χ4n) is 5.75. The number of anilines is 2. The number of carbonyl (C=O) groups is 1. The summed E-state index contributed by atoms with van der Waals surface area (Å²) in [5, 5.41) is 20.2. The number of nitrogens with two attached hydrogens (primary N) is 1. The van der Waals surface area contributed by atoms with E-state index in [1.54, 1.807) is 18.3 Å². The topological polar surface area (TPSA) is 142 Å². The molecule has 2 aliphatic rings. The predicted octanol–water partition coefficient (Wildman–Crippen LogP) is 4.32. The summed E-state index contributed by atoms with van der Waals surface area (Å²) in [7, 11) is 0. The van der Waals surface area contributed by atoms with E-state index >= 15 is 0 Å². The summed E-state index contributed by atoms with van der Waals surface area (Å²) in [6.45, 7) is 1.72. The summed E-state index contributed by atoms with van der Waals surface area (Å²) in [6, 6.07) is 12.5. The second-order valence-electron chi connectivity index (χ2n) is 10.7. The van der Waals surface area contributed by atoms with E-state index in [0.29, 0.717) is 31.9 Å². The molecule has 4 heterocycles. The third-order valence-electron chi connectivity index (χ3n) is 8.04. The molecule has 41 heavy (non-hydrogen) atoms. The third kappa shape index (κ3) is 5.49. The highest BCUT2D eigenvalue weighted by atomic mass is 19.4. The number of carboxylic acid groups (broad SMARTS) is 1. The summed E-state index contributed by atoms with van der Waals surface area (Å²) in [6.07, 6.45) is -3.32. The lowest BCUT2D eigenvalue weighted by atomic mass is 9.76. The maximum absolute atomic E-state index is 14.2.